The average Bonchev–Trinajstić information content (AvgIpc) is 2.62. The number of methoxy groups -OCH3 is 1. The van der Waals surface area contributed by atoms with Crippen LogP contribution in [0.15, 0.2) is 6.20 Å². The molecule has 0 spiro atoms. The Hall–Kier alpha value is -1.73. The Morgan fingerprint density at radius 2 is 2.04 bits per heavy atom. The third kappa shape index (κ3) is 5.17. The number of nitrogens with zero attached hydrogens (tertiary/aromatic N) is 2. The molecule has 2 saturated carbocycles. The summed E-state index contributed by atoms with van der Waals surface area (Å²) >= 11 is 0. The monoisotopic (exact) mass is 376 g/mol. The fourth-order valence-corrected chi connectivity index (χ4v) is 4.16. The van der Waals surface area contributed by atoms with E-state index < -0.39 is 0 Å². The first-order chi connectivity index (χ1) is 12.9. The number of Topliss-reactive ketones (excluding diaryl/α,β-unsaturated/α-hetero) is 1. The minimum absolute atomic E-state index is 0.0628. The molecule has 2 fully saturated rings. The minimum atomic E-state index is -0.286. The largest absolute Gasteiger partial charge is 0.393 e. The third-order valence-electron chi connectivity index (χ3n) is 5.94. The molecule has 1 aromatic rings. The van der Waals surface area contributed by atoms with Crippen molar-refractivity contribution in [2.24, 2.45) is 0 Å². The van der Waals surface area contributed by atoms with Gasteiger partial charge in [0.2, 0.25) is 5.95 Å². The van der Waals surface area contributed by atoms with Crippen molar-refractivity contribution in [3.8, 4) is 0 Å². The summed E-state index contributed by atoms with van der Waals surface area (Å²) in [5, 5.41) is 16.8. The number of ketones is 1. The number of ether oxygens (including phenoxy) is 1. The summed E-state index contributed by atoms with van der Waals surface area (Å²) in [6.45, 7) is 3.71. The smallest absolute Gasteiger partial charge is 0.225 e. The van der Waals surface area contributed by atoms with Crippen molar-refractivity contribution in [2.75, 3.05) is 17.7 Å². The molecule has 1 aromatic heterocycles. The maximum Gasteiger partial charge on any atom is 0.225 e. The van der Waals surface area contributed by atoms with Gasteiger partial charge >= 0.3 is 0 Å². The maximum absolute atomic E-state index is 12.0. The summed E-state index contributed by atoms with van der Waals surface area (Å²) in [5.74, 6) is 1.04. The first kappa shape index (κ1) is 20.0. The highest BCUT2D eigenvalue weighted by atomic mass is 16.5. The second-order valence-corrected chi connectivity index (χ2v) is 8.29. The number of anilines is 2. The van der Waals surface area contributed by atoms with Crippen LogP contribution in [0.4, 0.5) is 11.8 Å². The highest BCUT2D eigenvalue weighted by Crippen LogP contribution is 2.32. The van der Waals surface area contributed by atoms with Crippen molar-refractivity contribution in [3.63, 3.8) is 0 Å². The Morgan fingerprint density at radius 1 is 1.30 bits per heavy atom. The molecule has 3 rings (SSSR count). The van der Waals surface area contributed by atoms with Crippen LogP contribution in [0.3, 0.4) is 0 Å². The van der Waals surface area contributed by atoms with Gasteiger partial charge in [-0.2, -0.15) is 4.98 Å². The quantitative estimate of drug-likeness (QED) is 0.656. The van der Waals surface area contributed by atoms with E-state index in [-0.39, 0.29) is 23.5 Å². The molecule has 1 unspecified atom stereocenters. The highest BCUT2D eigenvalue weighted by molar-refractivity contribution is 5.98. The third-order valence-corrected chi connectivity index (χ3v) is 5.94. The van der Waals surface area contributed by atoms with Gasteiger partial charge in [0.05, 0.1) is 17.8 Å². The summed E-state index contributed by atoms with van der Waals surface area (Å²) in [7, 11) is 1.77. The van der Waals surface area contributed by atoms with E-state index in [2.05, 4.69) is 27.5 Å². The zero-order valence-electron chi connectivity index (χ0n) is 16.6. The molecule has 27 heavy (non-hydrogen) atoms. The molecule has 7 nitrogen and oxygen atoms in total. The second kappa shape index (κ2) is 8.52. The molecule has 3 N–H and O–H groups in total. The first-order valence-electron chi connectivity index (χ1n) is 10.0. The molecular weight excluding hydrogens is 344 g/mol. The van der Waals surface area contributed by atoms with E-state index in [0.29, 0.717) is 29.9 Å². The Balaban J connectivity index is 1.74. The van der Waals surface area contributed by atoms with Gasteiger partial charge in [0.15, 0.2) is 5.78 Å². The molecule has 0 amide bonds. The number of aromatic nitrogens is 2. The van der Waals surface area contributed by atoms with Crippen LogP contribution >= 0.6 is 0 Å². The molecule has 7 heteroatoms. The standard InChI is InChI=1S/C20H32N4O3/c1-13(25)17-12-21-19(24-20(2)9-7-16(27-3)8-10-20)23-18(17)22-14-5-4-6-15(26)11-14/h12,14-16,26H,4-11H2,1-3H3,(H2,21,22,23,24)/t14?,15-,16-,20-/m0/s1. The molecule has 0 aromatic carbocycles. The highest BCUT2D eigenvalue weighted by Gasteiger charge is 2.32. The summed E-state index contributed by atoms with van der Waals surface area (Å²) in [6, 6.07) is 0.127. The van der Waals surface area contributed by atoms with Crippen LogP contribution in [0.2, 0.25) is 0 Å². The lowest BCUT2D eigenvalue weighted by Gasteiger charge is -2.37. The van der Waals surface area contributed by atoms with Gasteiger partial charge in [-0.05, 0) is 65.2 Å². The summed E-state index contributed by atoms with van der Waals surface area (Å²) < 4.78 is 5.46. The van der Waals surface area contributed by atoms with Gasteiger partial charge in [0.25, 0.3) is 0 Å². The predicted molar refractivity (Wildman–Crippen MR) is 105 cm³/mol. The number of hydrogen-bond acceptors (Lipinski definition) is 7. The van der Waals surface area contributed by atoms with Crippen molar-refractivity contribution >= 4 is 17.5 Å². The molecule has 2 atom stereocenters. The number of aliphatic hydroxyl groups excluding tert-OH is 1. The van der Waals surface area contributed by atoms with Gasteiger partial charge in [-0.1, -0.05) is 0 Å². The number of nitrogens with one attached hydrogen (secondary N) is 2. The Labute approximate surface area is 161 Å². The fourth-order valence-electron chi connectivity index (χ4n) is 4.16. The molecule has 2 aliphatic rings. The SMILES string of the molecule is CO[C@H]1CC[C@](C)(Nc2ncc(C(C)=O)c(NC3CCC[C@H](O)C3)n2)CC1. The Bertz CT molecular complexity index is 659. The van der Waals surface area contributed by atoms with Gasteiger partial charge in [0, 0.05) is 24.9 Å². The van der Waals surface area contributed by atoms with Crippen molar-refractivity contribution < 1.29 is 14.6 Å². The Kier molecular flexibility index (Phi) is 6.32. The lowest BCUT2D eigenvalue weighted by molar-refractivity contribution is 0.0563. The van der Waals surface area contributed by atoms with Crippen molar-refractivity contribution in [1.29, 1.82) is 0 Å². The van der Waals surface area contributed by atoms with Crippen molar-refractivity contribution in [3.05, 3.63) is 11.8 Å². The number of aliphatic hydroxyl groups is 1. The zero-order chi connectivity index (χ0) is 19.4. The van der Waals surface area contributed by atoms with E-state index >= 15 is 0 Å². The van der Waals surface area contributed by atoms with E-state index in [1.165, 1.54) is 6.92 Å². The van der Waals surface area contributed by atoms with E-state index in [1.807, 2.05) is 0 Å². The molecule has 150 valence electrons. The number of carbonyl (C=O) groups excluding carboxylic acids is 1. The van der Waals surface area contributed by atoms with Crippen LogP contribution in [-0.2, 0) is 4.74 Å². The van der Waals surface area contributed by atoms with Crippen LogP contribution in [0, 0.1) is 0 Å². The normalized spacial score (nSPS) is 31.3. The van der Waals surface area contributed by atoms with Gasteiger partial charge in [-0.3, -0.25) is 4.79 Å². The fraction of sp³-hybridized carbons (Fsp3) is 0.750. The topological polar surface area (TPSA) is 96.4 Å². The van der Waals surface area contributed by atoms with Gasteiger partial charge in [0.1, 0.15) is 5.82 Å². The van der Waals surface area contributed by atoms with Crippen LogP contribution in [0.25, 0.3) is 0 Å². The molecule has 2 aliphatic carbocycles. The summed E-state index contributed by atoms with van der Waals surface area (Å²) in [6.07, 6.45) is 9.11. The first-order valence-corrected chi connectivity index (χ1v) is 10.0. The lowest BCUT2D eigenvalue weighted by Crippen LogP contribution is -2.41. The second-order valence-electron chi connectivity index (χ2n) is 8.29. The van der Waals surface area contributed by atoms with E-state index in [4.69, 9.17) is 4.74 Å². The van der Waals surface area contributed by atoms with E-state index in [1.54, 1.807) is 13.3 Å². The molecule has 0 bridgehead atoms. The number of carbonyl (C=O) groups is 1. The van der Waals surface area contributed by atoms with Gasteiger partial charge in [-0.25, -0.2) is 4.98 Å². The maximum atomic E-state index is 12.0. The van der Waals surface area contributed by atoms with Crippen LogP contribution < -0.4 is 10.6 Å². The van der Waals surface area contributed by atoms with Crippen molar-refractivity contribution in [1.82, 2.24) is 9.97 Å². The summed E-state index contributed by atoms with van der Waals surface area (Å²) in [4.78, 5) is 21.0. The van der Waals surface area contributed by atoms with Gasteiger partial charge < -0.3 is 20.5 Å². The number of hydrogen-bond donors (Lipinski definition) is 3. The van der Waals surface area contributed by atoms with Crippen molar-refractivity contribution in [2.45, 2.75) is 89.0 Å². The molecule has 0 aliphatic heterocycles. The summed E-state index contributed by atoms with van der Waals surface area (Å²) in [5.41, 5.74) is 0.416. The molecule has 0 radical (unpaired) electrons. The predicted octanol–water partition coefficient (Wildman–Crippen LogP) is 3.15. The lowest BCUT2D eigenvalue weighted by atomic mass is 9.82. The van der Waals surface area contributed by atoms with Crippen LogP contribution in [-0.4, -0.2) is 51.8 Å². The number of rotatable bonds is 6. The molecular formula is C20H32N4O3. The van der Waals surface area contributed by atoms with Crippen LogP contribution in [0.1, 0.15) is 75.6 Å². The zero-order valence-corrected chi connectivity index (χ0v) is 16.6. The Morgan fingerprint density at radius 3 is 2.67 bits per heavy atom. The van der Waals surface area contributed by atoms with E-state index in [0.717, 1.165) is 44.9 Å². The van der Waals surface area contributed by atoms with Gasteiger partial charge in [-0.15, -0.1) is 0 Å². The molecule has 0 saturated heterocycles. The average molecular weight is 377 g/mol. The van der Waals surface area contributed by atoms with Crippen LogP contribution in [0.5, 0.6) is 0 Å². The minimum Gasteiger partial charge on any atom is -0.393 e. The molecule has 1 heterocycles. The van der Waals surface area contributed by atoms with E-state index in [9.17, 15) is 9.90 Å².